The summed E-state index contributed by atoms with van der Waals surface area (Å²) in [5, 5.41) is 9.79. The Balaban J connectivity index is 1.91. The zero-order valence-electron chi connectivity index (χ0n) is 17.8. The van der Waals surface area contributed by atoms with E-state index in [1.165, 1.54) is 0 Å². The van der Waals surface area contributed by atoms with Crippen LogP contribution in [0.5, 0.6) is 11.5 Å². The molecule has 0 spiro atoms. The molecule has 0 aliphatic heterocycles. The lowest BCUT2D eigenvalue weighted by Gasteiger charge is -2.42. The molecule has 1 unspecified atom stereocenters. The van der Waals surface area contributed by atoms with Crippen molar-refractivity contribution in [3.05, 3.63) is 24.3 Å². The summed E-state index contributed by atoms with van der Waals surface area (Å²) in [6, 6.07) is 9.62. The van der Waals surface area contributed by atoms with E-state index in [9.17, 15) is 10.1 Å². The van der Waals surface area contributed by atoms with Crippen molar-refractivity contribution in [1.82, 2.24) is 9.80 Å². The fraction of sp³-hybridized carbons (Fsp3) is 0.636. The van der Waals surface area contributed by atoms with Gasteiger partial charge in [-0.1, -0.05) is 19.1 Å². The minimum absolute atomic E-state index is 0.0177. The third-order valence-corrected chi connectivity index (χ3v) is 6.07. The predicted octanol–water partition coefficient (Wildman–Crippen LogP) is 3.33. The number of carbonyl (C=O) groups excluding carboxylic acids is 1. The Morgan fingerprint density at radius 2 is 1.89 bits per heavy atom. The van der Waals surface area contributed by atoms with Crippen molar-refractivity contribution in [2.45, 2.75) is 51.1 Å². The number of hydrogen-bond donors (Lipinski definition) is 0. The van der Waals surface area contributed by atoms with Gasteiger partial charge >= 0.3 is 0 Å². The van der Waals surface area contributed by atoms with E-state index in [1.807, 2.05) is 43.1 Å². The van der Waals surface area contributed by atoms with Crippen LogP contribution >= 0.6 is 0 Å². The van der Waals surface area contributed by atoms with Crippen molar-refractivity contribution in [2.24, 2.45) is 5.92 Å². The van der Waals surface area contributed by atoms with Gasteiger partial charge in [-0.2, -0.15) is 5.26 Å². The molecule has 1 aliphatic carbocycles. The minimum atomic E-state index is -0.674. The van der Waals surface area contributed by atoms with Gasteiger partial charge in [-0.25, -0.2) is 0 Å². The van der Waals surface area contributed by atoms with Gasteiger partial charge in [-0.3, -0.25) is 9.69 Å². The maximum absolute atomic E-state index is 13.0. The van der Waals surface area contributed by atoms with Crippen LogP contribution in [0.4, 0.5) is 0 Å². The molecule has 0 N–H and O–H groups in total. The summed E-state index contributed by atoms with van der Waals surface area (Å²) in [6.45, 7) is 5.13. The van der Waals surface area contributed by atoms with Gasteiger partial charge in [0.1, 0.15) is 12.1 Å². The highest BCUT2D eigenvalue weighted by Gasteiger charge is 2.41. The lowest BCUT2D eigenvalue weighted by molar-refractivity contribution is -0.140. The highest BCUT2D eigenvalue weighted by Crippen LogP contribution is 2.35. The normalized spacial score (nSPS) is 23.0. The summed E-state index contributed by atoms with van der Waals surface area (Å²) in [5.74, 6) is 1.99. The van der Waals surface area contributed by atoms with E-state index in [4.69, 9.17) is 9.47 Å². The molecule has 0 radical (unpaired) electrons. The Hall–Kier alpha value is -2.26. The van der Waals surface area contributed by atoms with Crippen LogP contribution in [0.3, 0.4) is 0 Å². The molecule has 0 saturated heterocycles. The molecule has 1 saturated carbocycles. The molecule has 1 atom stereocenters. The zero-order chi connectivity index (χ0) is 20.7. The standard InChI is InChI=1S/C22H33N3O3/c1-17-10-12-22(16-23,13-11-17)25(4)21(26)18(2)24(3)14-15-28-20-9-7-6-8-19(20)27-5/h6-9,17-18H,10-15H2,1-5H3. The molecule has 2 rings (SSSR count). The second-order valence-corrected chi connectivity index (χ2v) is 7.88. The number of nitriles is 1. The number of likely N-dealkylation sites (N-methyl/N-ethyl adjacent to an activating group) is 2. The molecule has 1 fully saturated rings. The van der Waals surface area contributed by atoms with Crippen LogP contribution in [0.15, 0.2) is 24.3 Å². The molecule has 154 valence electrons. The first-order valence-corrected chi connectivity index (χ1v) is 9.99. The predicted molar refractivity (Wildman–Crippen MR) is 109 cm³/mol. The van der Waals surface area contributed by atoms with Crippen LogP contribution < -0.4 is 9.47 Å². The number of rotatable bonds is 8. The van der Waals surface area contributed by atoms with Gasteiger partial charge in [0.05, 0.1) is 19.2 Å². The summed E-state index contributed by atoms with van der Waals surface area (Å²) in [6.07, 6.45) is 3.48. The van der Waals surface area contributed by atoms with Crippen LogP contribution in [0.25, 0.3) is 0 Å². The Morgan fingerprint density at radius 1 is 1.29 bits per heavy atom. The summed E-state index contributed by atoms with van der Waals surface area (Å²) in [5.41, 5.74) is -0.674. The fourth-order valence-corrected chi connectivity index (χ4v) is 3.67. The van der Waals surface area contributed by atoms with Gasteiger partial charge < -0.3 is 14.4 Å². The second kappa shape index (κ2) is 9.79. The van der Waals surface area contributed by atoms with E-state index in [2.05, 4.69) is 13.0 Å². The van der Waals surface area contributed by atoms with E-state index in [0.717, 1.165) is 25.7 Å². The average molecular weight is 388 g/mol. The van der Waals surface area contributed by atoms with Gasteiger partial charge in [0.25, 0.3) is 0 Å². The van der Waals surface area contributed by atoms with Crippen LogP contribution in [-0.2, 0) is 4.79 Å². The van der Waals surface area contributed by atoms with Crippen molar-refractivity contribution in [3.8, 4) is 17.6 Å². The third kappa shape index (κ3) is 4.96. The summed E-state index contributed by atoms with van der Waals surface area (Å²) in [4.78, 5) is 16.7. The molecule has 0 aromatic heterocycles. The summed E-state index contributed by atoms with van der Waals surface area (Å²) < 4.78 is 11.1. The number of amides is 1. The number of nitrogens with zero attached hydrogens (tertiary/aromatic N) is 3. The molecule has 6 heteroatoms. The topological polar surface area (TPSA) is 65.8 Å². The lowest BCUT2D eigenvalue weighted by atomic mass is 9.77. The molecule has 1 amide bonds. The molecule has 1 aromatic carbocycles. The van der Waals surface area contributed by atoms with Gasteiger partial charge in [-0.05, 0) is 57.7 Å². The Bertz CT molecular complexity index is 693. The highest BCUT2D eigenvalue weighted by atomic mass is 16.5. The zero-order valence-corrected chi connectivity index (χ0v) is 17.8. The smallest absolute Gasteiger partial charge is 0.240 e. The maximum atomic E-state index is 13.0. The first-order valence-electron chi connectivity index (χ1n) is 9.99. The monoisotopic (exact) mass is 387 g/mol. The number of carbonyl (C=O) groups is 1. The van der Waals surface area contributed by atoms with E-state index in [0.29, 0.717) is 30.6 Å². The highest BCUT2D eigenvalue weighted by molar-refractivity contribution is 5.82. The quantitative estimate of drug-likeness (QED) is 0.685. The van der Waals surface area contributed by atoms with E-state index in [-0.39, 0.29) is 11.9 Å². The number of benzene rings is 1. The maximum Gasteiger partial charge on any atom is 0.240 e. The van der Waals surface area contributed by atoms with E-state index < -0.39 is 5.54 Å². The summed E-state index contributed by atoms with van der Waals surface area (Å²) >= 11 is 0. The van der Waals surface area contributed by atoms with Crippen molar-refractivity contribution < 1.29 is 14.3 Å². The van der Waals surface area contributed by atoms with Crippen molar-refractivity contribution in [2.75, 3.05) is 34.4 Å². The van der Waals surface area contributed by atoms with Crippen molar-refractivity contribution in [1.29, 1.82) is 5.26 Å². The molecule has 0 bridgehead atoms. The fourth-order valence-electron chi connectivity index (χ4n) is 3.67. The average Bonchev–Trinajstić information content (AvgIpc) is 2.73. The van der Waals surface area contributed by atoms with Gasteiger partial charge in [0.2, 0.25) is 5.91 Å². The number of hydrogen-bond acceptors (Lipinski definition) is 5. The molecular weight excluding hydrogens is 354 g/mol. The second-order valence-electron chi connectivity index (χ2n) is 7.88. The largest absolute Gasteiger partial charge is 0.493 e. The van der Waals surface area contributed by atoms with Crippen LogP contribution in [0.1, 0.15) is 39.5 Å². The van der Waals surface area contributed by atoms with E-state index >= 15 is 0 Å². The van der Waals surface area contributed by atoms with Gasteiger partial charge in [0, 0.05) is 13.6 Å². The number of methoxy groups -OCH3 is 1. The Morgan fingerprint density at radius 3 is 2.46 bits per heavy atom. The Labute approximate surface area is 169 Å². The summed E-state index contributed by atoms with van der Waals surface area (Å²) in [7, 11) is 5.29. The minimum Gasteiger partial charge on any atom is -0.493 e. The number of para-hydroxylation sites is 2. The molecule has 1 aromatic rings. The lowest BCUT2D eigenvalue weighted by Crippen LogP contribution is -2.55. The van der Waals surface area contributed by atoms with Crippen LogP contribution in [0, 0.1) is 17.2 Å². The molecule has 0 heterocycles. The van der Waals surface area contributed by atoms with Crippen molar-refractivity contribution >= 4 is 5.91 Å². The molecule has 28 heavy (non-hydrogen) atoms. The first-order chi connectivity index (χ1) is 13.3. The Kier molecular flexibility index (Phi) is 7.70. The van der Waals surface area contributed by atoms with Crippen LogP contribution in [-0.4, -0.2) is 61.6 Å². The third-order valence-electron chi connectivity index (χ3n) is 6.07. The first kappa shape index (κ1) is 22.0. The molecular formula is C22H33N3O3. The van der Waals surface area contributed by atoms with Gasteiger partial charge in [0.15, 0.2) is 11.5 Å². The number of ether oxygens (including phenoxy) is 2. The van der Waals surface area contributed by atoms with Gasteiger partial charge in [-0.15, -0.1) is 0 Å². The molecule has 6 nitrogen and oxygen atoms in total. The molecule has 1 aliphatic rings. The van der Waals surface area contributed by atoms with E-state index in [1.54, 1.807) is 19.1 Å². The van der Waals surface area contributed by atoms with Crippen molar-refractivity contribution in [3.63, 3.8) is 0 Å². The van der Waals surface area contributed by atoms with Crippen LogP contribution in [0.2, 0.25) is 0 Å². The SMILES string of the molecule is COc1ccccc1OCCN(C)C(C)C(=O)N(C)C1(C#N)CCC(C)CC1.